The van der Waals surface area contributed by atoms with Crippen molar-refractivity contribution in [1.82, 2.24) is 5.43 Å². The van der Waals surface area contributed by atoms with Crippen molar-refractivity contribution in [3.63, 3.8) is 0 Å². The lowest BCUT2D eigenvalue weighted by molar-refractivity contribution is 0.249. The first-order valence-electron chi connectivity index (χ1n) is 4.62. The second-order valence-corrected chi connectivity index (χ2v) is 3.94. The van der Waals surface area contributed by atoms with Crippen LogP contribution in [0.3, 0.4) is 0 Å². The Balaban J connectivity index is 2.70. The van der Waals surface area contributed by atoms with Crippen molar-refractivity contribution in [2.75, 3.05) is 0 Å². The number of urea groups is 1. The van der Waals surface area contributed by atoms with Gasteiger partial charge in [-0.25, -0.2) is 10.2 Å². The number of nitrogens with one attached hydrogen (secondary N) is 1. The third-order valence-electron chi connectivity index (χ3n) is 1.75. The van der Waals surface area contributed by atoms with Crippen LogP contribution in [-0.2, 0) is 0 Å². The monoisotopic (exact) mass is 281 g/mol. The molecule has 0 aliphatic carbocycles. The van der Waals surface area contributed by atoms with E-state index in [4.69, 9.17) is 5.73 Å². The Morgan fingerprint density at radius 2 is 2.19 bits per heavy atom. The van der Waals surface area contributed by atoms with E-state index in [0.29, 0.717) is 5.71 Å². The largest absolute Gasteiger partial charge is 0.350 e. The van der Waals surface area contributed by atoms with Gasteiger partial charge in [-0.3, -0.25) is 0 Å². The van der Waals surface area contributed by atoms with E-state index in [0.717, 1.165) is 10.0 Å². The Labute approximate surface area is 102 Å². The highest BCUT2D eigenvalue weighted by molar-refractivity contribution is 9.10. The first kappa shape index (κ1) is 12.4. The van der Waals surface area contributed by atoms with Crippen molar-refractivity contribution in [2.24, 2.45) is 10.8 Å². The number of carbonyl (C=O) groups excluding carboxylic acids is 1. The lowest BCUT2D eigenvalue weighted by Gasteiger charge is -1.97. The molecule has 0 aliphatic heterocycles. The van der Waals surface area contributed by atoms with E-state index in [2.05, 4.69) is 26.5 Å². The van der Waals surface area contributed by atoms with Crippen LogP contribution in [0.1, 0.15) is 12.5 Å². The van der Waals surface area contributed by atoms with Crippen molar-refractivity contribution in [3.8, 4) is 0 Å². The molecule has 0 unspecified atom stereocenters. The summed E-state index contributed by atoms with van der Waals surface area (Å²) in [5.41, 5.74) is 8.74. The van der Waals surface area contributed by atoms with Crippen LogP contribution in [0.15, 0.2) is 39.9 Å². The van der Waals surface area contributed by atoms with Crippen molar-refractivity contribution in [3.05, 3.63) is 40.4 Å². The second-order valence-electron chi connectivity index (χ2n) is 3.08. The van der Waals surface area contributed by atoms with Crippen LogP contribution in [-0.4, -0.2) is 11.7 Å². The van der Waals surface area contributed by atoms with Crippen LogP contribution in [0.2, 0.25) is 0 Å². The highest BCUT2D eigenvalue weighted by Gasteiger charge is 1.93. The lowest BCUT2D eigenvalue weighted by Crippen LogP contribution is -2.25. The quantitative estimate of drug-likeness (QED) is 0.649. The van der Waals surface area contributed by atoms with Crippen LogP contribution in [0.25, 0.3) is 6.08 Å². The highest BCUT2D eigenvalue weighted by Crippen LogP contribution is 2.16. The molecule has 0 bridgehead atoms. The van der Waals surface area contributed by atoms with E-state index in [1.165, 1.54) is 0 Å². The van der Waals surface area contributed by atoms with Gasteiger partial charge in [0.2, 0.25) is 0 Å². The minimum absolute atomic E-state index is 0.662. The van der Waals surface area contributed by atoms with Gasteiger partial charge in [-0.05, 0) is 24.6 Å². The summed E-state index contributed by atoms with van der Waals surface area (Å²) in [6.07, 6.45) is 3.68. The maximum Gasteiger partial charge on any atom is 0.332 e. The minimum Gasteiger partial charge on any atom is -0.350 e. The number of hydrazone groups is 1. The lowest BCUT2D eigenvalue weighted by atomic mass is 10.2. The van der Waals surface area contributed by atoms with Gasteiger partial charge in [-0.15, -0.1) is 0 Å². The van der Waals surface area contributed by atoms with Gasteiger partial charge in [0.1, 0.15) is 0 Å². The third-order valence-corrected chi connectivity index (χ3v) is 2.47. The Bertz CT molecular complexity index is 441. The zero-order chi connectivity index (χ0) is 12.0. The zero-order valence-electron chi connectivity index (χ0n) is 8.77. The maximum absolute atomic E-state index is 10.4. The van der Waals surface area contributed by atoms with E-state index >= 15 is 0 Å². The van der Waals surface area contributed by atoms with Crippen molar-refractivity contribution < 1.29 is 4.79 Å². The van der Waals surface area contributed by atoms with E-state index in [1.807, 2.05) is 30.3 Å². The normalized spacial score (nSPS) is 11.8. The highest BCUT2D eigenvalue weighted by atomic mass is 79.9. The van der Waals surface area contributed by atoms with Crippen LogP contribution in [0.5, 0.6) is 0 Å². The molecule has 0 heterocycles. The number of rotatable bonds is 3. The summed E-state index contributed by atoms with van der Waals surface area (Å²) in [5.74, 6) is 0. The molecule has 84 valence electrons. The summed E-state index contributed by atoms with van der Waals surface area (Å²) < 4.78 is 1.00. The Morgan fingerprint density at radius 3 is 2.81 bits per heavy atom. The standard InChI is InChI=1S/C11H12BrN3O/c1-8(14-15-11(13)16)6-7-9-4-2-3-5-10(9)12/h2-7H,1H3,(H3,13,15,16)/b7-6+,14-8+. The van der Waals surface area contributed by atoms with Crippen LogP contribution in [0.4, 0.5) is 4.79 Å². The number of hydrogen-bond acceptors (Lipinski definition) is 2. The fourth-order valence-electron chi connectivity index (χ4n) is 1.00. The minimum atomic E-state index is -0.673. The summed E-state index contributed by atoms with van der Waals surface area (Å²) >= 11 is 3.43. The van der Waals surface area contributed by atoms with Gasteiger partial charge in [0.15, 0.2) is 0 Å². The number of nitrogens with two attached hydrogens (primary N) is 1. The van der Waals surface area contributed by atoms with E-state index in [9.17, 15) is 4.79 Å². The number of halogens is 1. The first-order chi connectivity index (χ1) is 7.59. The SMILES string of the molecule is CC(/C=C/c1ccccc1Br)=N\NC(N)=O. The summed E-state index contributed by atoms with van der Waals surface area (Å²) in [6, 6.07) is 7.13. The predicted molar refractivity (Wildman–Crippen MR) is 69.0 cm³/mol. The number of nitrogens with zero attached hydrogens (tertiary/aromatic N) is 1. The molecule has 3 N–H and O–H groups in total. The zero-order valence-corrected chi connectivity index (χ0v) is 10.4. The van der Waals surface area contributed by atoms with Crippen LogP contribution in [0, 0.1) is 0 Å². The molecular weight excluding hydrogens is 270 g/mol. The number of primary amides is 1. The fourth-order valence-corrected chi connectivity index (χ4v) is 1.42. The van der Waals surface area contributed by atoms with Crippen LogP contribution < -0.4 is 11.2 Å². The molecule has 0 fully saturated rings. The second kappa shape index (κ2) is 6.07. The molecule has 0 aromatic heterocycles. The Hall–Kier alpha value is -1.62. The van der Waals surface area contributed by atoms with Crippen molar-refractivity contribution in [2.45, 2.75) is 6.92 Å². The first-order valence-corrected chi connectivity index (χ1v) is 5.41. The predicted octanol–water partition coefficient (Wildman–Crippen LogP) is 2.51. The number of amides is 2. The van der Waals surface area contributed by atoms with Gasteiger partial charge in [-0.1, -0.05) is 40.2 Å². The number of hydrogen-bond donors (Lipinski definition) is 2. The number of carbonyl (C=O) groups is 1. The Morgan fingerprint density at radius 1 is 1.50 bits per heavy atom. The molecule has 0 saturated carbocycles. The smallest absolute Gasteiger partial charge is 0.332 e. The van der Waals surface area contributed by atoms with Gasteiger partial charge >= 0.3 is 6.03 Å². The van der Waals surface area contributed by atoms with Gasteiger partial charge in [0.05, 0.1) is 5.71 Å². The van der Waals surface area contributed by atoms with Gasteiger partial charge in [0, 0.05) is 4.47 Å². The third kappa shape index (κ3) is 4.27. The summed E-state index contributed by atoms with van der Waals surface area (Å²) in [4.78, 5) is 10.4. The fraction of sp³-hybridized carbons (Fsp3) is 0.0909. The molecule has 4 nitrogen and oxygen atoms in total. The molecule has 0 spiro atoms. The summed E-state index contributed by atoms with van der Waals surface area (Å²) in [7, 11) is 0. The van der Waals surface area contributed by atoms with Crippen molar-refractivity contribution in [1.29, 1.82) is 0 Å². The molecule has 0 radical (unpaired) electrons. The molecule has 2 amide bonds. The van der Waals surface area contributed by atoms with Gasteiger partial charge in [-0.2, -0.15) is 5.10 Å². The molecule has 0 atom stereocenters. The molecule has 16 heavy (non-hydrogen) atoms. The molecule has 0 aliphatic rings. The topological polar surface area (TPSA) is 67.5 Å². The average Bonchev–Trinajstić information content (AvgIpc) is 2.25. The molecule has 1 aromatic carbocycles. The van der Waals surface area contributed by atoms with Crippen LogP contribution >= 0.6 is 15.9 Å². The van der Waals surface area contributed by atoms with Gasteiger partial charge < -0.3 is 5.73 Å². The molecule has 0 saturated heterocycles. The molecule has 1 rings (SSSR count). The molecule has 1 aromatic rings. The maximum atomic E-state index is 10.4. The molecular formula is C11H12BrN3O. The molecule has 5 heteroatoms. The van der Waals surface area contributed by atoms with E-state index in [1.54, 1.807) is 13.0 Å². The summed E-state index contributed by atoms with van der Waals surface area (Å²) in [6.45, 7) is 1.77. The van der Waals surface area contributed by atoms with E-state index < -0.39 is 6.03 Å². The average molecular weight is 282 g/mol. The number of allylic oxidation sites excluding steroid dienone is 1. The number of benzene rings is 1. The van der Waals surface area contributed by atoms with E-state index in [-0.39, 0.29) is 0 Å². The Kier molecular flexibility index (Phi) is 4.72. The van der Waals surface area contributed by atoms with Gasteiger partial charge in [0.25, 0.3) is 0 Å². The van der Waals surface area contributed by atoms with Crippen molar-refractivity contribution >= 4 is 33.7 Å². The summed E-state index contributed by atoms with van der Waals surface area (Å²) in [5, 5.41) is 3.76.